The molecule has 0 saturated heterocycles. The van der Waals surface area contributed by atoms with Gasteiger partial charge in [0.25, 0.3) is 0 Å². The van der Waals surface area contributed by atoms with Crippen molar-refractivity contribution >= 4 is 13.6 Å². The van der Waals surface area contributed by atoms with Gasteiger partial charge in [0, 0.05) is 11.8 Å². The highest BCUT2D eigenvalue weighted by atomic mass is 19.3. The fourth-order valence-electron chi connectivity index (χ4n) is 7.89. The molecule has 0 bridgehead atoms. The van der Waals surface area contributed by atoms with Crippen LogP contribution in [0.4, 0.5) is 8.78 Å². The molecular weight excluding hydrogens is 317 g/mol. The fourth-order valence-corrected chi connectivity index (χ4v) is 7.89. The second-order valence-electron chi connectivity index (χ2n) is 9.84. The van der Waals surface area contributed by atoms with E-state index in [0.717, 1.165) is 43.9 Å². The fraction of sp³-hybridized carbons (Fsp3) is 0.952. The monoisotopic (exact) mass is 350 g/mol. The van der Waals surface area contributed by atoms with E-state index in [0.29, 0.717) is 29.9 Å². The first-order chi connectivity index (χ1) is 12.0. The molecule has 4 heteroatoms. The number of Topliss-reactive ketones (excluding diaryl/α,β-unsaturated/α-hetero) is 1. The van der Waals surface area contributed by atoms with Crippen LogP contribution in [0.15, 0.2) is 0 Å². The summed E-state index contributed by atoms with van der Waals surface area (Å²) in [6.07, 6.45) is 8.24. The van der Waals surface area contributed by atoms with Crippen molar-refractivity contribution in [1.29, 1.82) is 0 Å². The van der Waals surface area contributed by atoms with Crippen molar-refractivity contribution < 1.29 is 13.6 Å². The van der Waals surface area contributed by atoms with Gasteiger partial charge in [0.05, 0.1) is 0 Å². The zero-order valence-corrected chi connectivity index (χ0v) is 15.9. The zero-order valence-electron chi connectivity index (χ0n) is 15.9. The van der Waals surface area contributed by atoms with Gasteiger partial charge in [0.2, 0.25) is 6.43 Å². The topological polar surface area (TPSA) is 17.1 Å². The predicted molar refractivity (Wildman–Crippen MR) is 98.5 cm³/mol. The van der Waals surface area contributed by atoms with E-state index >= 15 is 0 Å². The Labute approximate surface area is 152 Å². The normalized spacial score (nSPS) is 49.4. The van der Waals surface area contributed by atoms with E-state index in [9.17, 15) is 13.6 Å². The van der Waals surface area contributed by atoms with Gasteiger partial charge in [-0.05, 0) is 99.1 Å². The quantitative estimate of drug-likeness (QED) is 0.671. The molecule has 0 aliphatic heterocycles. The van der Waals surface area contributed by atoms with E-state index in [4.69, 9.17) is 0 Å². The summed E-state index contributed by atoms with van der Waals surface area (Å²) in [7, 11) is 2.01. The van der Waals surface area contributed by atoms with Gasteiger partial charge in [0.1, 0.15) is 13.6 Å². The molecule has 4 fully saturated rings. The van der Waals surface area contributed by atoms with Gasteiger partial charge in [-0.3, -0.25) is 0 Å². The van der Waals surface area contributed by atoms with Crippen LogP contribution in [0.5, 0.6) is 0 Å². The Kier molecular flexibility index (Phi) is 4.78. The van der Waals surface area contributed by atoms with Crippen LogP contribution in [0.2, 0.25) is 6.32 Å². The van der Waals surface area contributed by atoms with Crippen molar-refractivity contribution in [2.75, 3.05) is 0 Å². The molecule has 8 atom stereocenters. The molecule has 1 nitrogen and oxygen atoms in total. The van der Waals surface area contributed by atoms with E-state index < -0.39 is 6.43 Å². The molecule has 4 aliphatic carbocycles. The van der Waals surface area contributed by atoms with E-state index in [-0.39, 0.29) is 17.3 Å². The number of alkyl halides is 2. The van der Waals surface area contributed by atoms with Gasteiger partial charge in [-0.1, -0.05) is 6.92 Å². The van der Waals surface area contributed by atoms with Crippen molar-refractivity contribution in [1.82, 2.24) is 0 Å². The first-order valence-corrected chi connectivity index (χ1v) is 10.8. The second kappa shape index (κ2) is 6.64. The minimum atomic E-state index is -2.12. The predicted octanol–water partition coefficient (Wildman–Crippen LogP) is 4.76. The Balaban J connectivity index is 1.50. The van der Waals surface area contributed by atoms with Gasteiger partial charge < -0.3 is 4.79 Å². The number of rotatable bonds is 3. The maximum atomic E-state index is 13.2. The molecule has 0 aromatic rings. The van der Waals surface area contributed by atoms with Crippen LogP contribution in [-0.2, 0) is 4.79 Å². The highest BCUT2D eigenvalue weighted by Crippen LogP contribution is 2.64. The second-order valence-corrected chi connectivity index (χ2v) is 9.84. The van der Waals surface area contributed by atoms with Crippen molar-refractivity contribution in [3.63, 3.8) is 0 Å². The molecule has 0 amide bonds. The minimum absolute atomic E-state index is 0.223. The van der Waals surface area contributed by atoms with Crippen LogP contribution in [0.3, 0.4) is 0 Å². The molecule has 0 N–H and O–H groups in total. The number of halogens is 2. The Morgan fingerprint density at radius 3 is 2.52 bits per heavy atom. The third-order valence-electron chi connectivity index (χ3n) is 9.09. The standard InChI is InChI=1S/C21H33BF2O/c1-21-9-8-15-14-4-3-13(20(23)24)10-12(14)2-5-16(15)17(21)6-7-18(21)19(25)11-22/h12-18,20H,2-11,22H2,1H3. The van der Waals surface area contributed by atoms with Crippen LogP contribution in [-0.4, -0.2) is 20.1 Å². The molecule has 0 radical (unpaired) electrons. The molecule has 4 saturated carbocycles. The average Bonchev–Trinajstić information content (AvgIpc) is 2.97. The first-order valence-electron chi connectivity index (χ1n) is 10.8. The van der Waals surface area contributed by atoms with Gasteiger partial charge in [0.15, 0.2) is 0 Å². The summed E-state index contributed by atoms with van der Waals surface area (Å²) >= 11 is 0. The summed E-state index contributed by atoms with van der Waals surface area (Å²) in [6.45, 7) is 2.40. The van der Waals surface area contributed by atoms with Crippen LogP contribution < -0.4 is 0 Å². The highest BCUT2D eigenvalue weighted by Gasteiger charge is 2.58. The molecule has 8 unspecified atom stereocenters. The average molecular weight is 350 g/mol. The van der Waals surface area contributed by atoms with Crippen molar-refractivity contribution in [2.24, 2.45) is 46.8 Å². The molecule has 0 aromatic carbocycles. The summed E-state index contributed by atoms with van der Waals surface area (Å²) in [4.78, 5) is 12.5. The lowest BCUT2D eigenvalue weighted by Gasteiger charge is -2.56. The third kappa shape index (κ3) is 2.81. The largest absolute Gasteiger partial charge is 0.300 e. The minimum Gasteiger partial charge on any atom is -0.300 e. The van der Waals surface area contributed by atoms with Crippen LogP contribution in [0.25, 0.3) is 0 Å². The Morgan fingerprint density at radius 1 is 1.04 bits per heavy atom. The SMILES string of the molecule is BCC(=O)C1CCC2C3CCC4CC(C(F)F)CCC4C3CCC12C. The highest BCUT2D eigenvalue weighted by molar-refractivity contribution is 6.20. The Morgan fingerprint density at radius 2 is 1.80 bits per heavy atom. The molecular formula is C21H33BF2O. The lowest BCUT2D eigenvalue weighted by molar-refractivity contribution is -0.128. The number of carbonyl (C=O) groups excluding carboxylic acids is 1. The summed E-state index contributed by atoms with van der Waals surface area (Å²) < 4.78 is 26.3. The maximum Gasteiger partial charge on any atom is 0.241 e. The number of ketones is 1. The number of fused-ring (bicyclic) bond motifs is 5. The van der Waals surface area contributed by atoms with Crippen molar-refractivity contribution in [3.05, 3.63) is 0 Å². The van der Waals surface area contributed by atoms with Crippen molar-refractivity contribution in [2.45, 2.75) is 77.5 Å². The zero-order chi connectivity index (χ0) is 17.8. The van der Waals surface area contributed by atoms with Gasteiger partial charge in [-0.2, -0.15) is 0 Å². The van der Waals surface area contributed by atoms with E-state index in [1.807, 2.05) is 7.85 Å². The molecule has 140 valence electrons. The van der Waals surface area contributed by atoms with Crippen molar-refractivity contribution in [3.8, 4) is 0 Å². The summed E-state index contributed by atoms with van der Waals surface area (Å²) in [6, 6.07) is 0. The Bertz CT molecular complexity index is 524. The van der Waals surface area contributed by atoms with Crippen LogP contribution in [0.1, 0.15) is 64.7 Å². The molecule has 4 aliphatic rings. The van der Waals surface area contributed by atoms with Crippen LogP contribution in [0, 0.1) is 46.8 Å². The smallest absolute Gasteiger partial charge is 0.241 e. The summed E-state index contributed by atoms with van der Waals surface area (Å²) in [5.74, 6) is 3.89. The molecule has 0 heterocycles. The van der Waals surface area contributed by atoms with Gasteiger partial charge >= 0.3 is 0 Å². The molecule has 25 heavy (non-hydrogen) atoms. The number of hydrogen-bond donors (Lipinski definition) is 0. The number of hydrogen-bond acceptors (Lipinski definition) is 1. The third-order valence-corrected chi connectivity index (χ3v) is 9.09. The molecule has 4 rings (SSSR count). The lowest BCUT2D eigenvalue weighted by Crippen LogP contribution is -2.49. The first kappa shape index (κ1) is 18.0. The molecule has 0 aromatic heterocycles. The van der Waals surface area contributed by atoms with Gasteiger partial charge in [-0.25, -0.2) is 8.78 Å². The summed E-state index contributed by atoms with van der Waals surface area (Å²) in [5.41, 5.74) is 0.223. The maximum absolute atomic E-state index is 13.2. The van der Waals surface area contributed by atoms with E-state index in [1.165, 1.54) is 25.7 Å². The van der Waals surface area contributed by atoms with E-state index in [1.54, 1.807) is 0 Å². The lowest BCUT2D eigenvalue weighted by atomic mass is 9.49. The number of carbonyl (C=O) groups is 1. The van der Waals surface area contributed by atoms with Crippen LogP contribution >= 0.6 is 0 Å². The Hall–Kier alpha value is -0.405. The van der Waals surface area contributed by atoms with Gasteiger partial charge in [-0.15, -0.1) is 0 Å². The van der Waals surface area contributed by atoms with E-state index in [2.05, 4.69) is 6.92 Å². The molecule has 0 spiro atoms. The summed E-state index contributed by atoms with van der Waals surface area (Å²) in [5, 5.41) is 0.